The number of ether oxygens (including phenoxy) is 1. The van der Waals surface area contributed by atoms with Gasteiger partial charge in [0.05, 0.1) is 13.0 Å². The first-order chi connectivity index (χ1) is 7.74. The van der Waals surface area contributed by atoms with Crippen LogP contribution >= 0.6 is 0 Å². The molecule has 1 aliphatic rings. The van der Waals surface area contributed by atoms with Crippen LogP contribution in [0.5, 0.6) is 0 Å². The normalized spacial score (nSPS) is 29.0. The molecule has 1 saturated carbocycles. The van der Waals surface area contributed by atoms with Gasteiger partial charge in [0.15, 0.2) is 0 Å². The summed E-state index contributed by atoms with van der Waals surface area (Å²) in [6.45, 7) is 0. The molecule has 0 aromatic heterocycles. The van der Waals surface area contributed by atoms with E-state index < -0.39 is 0 Å². The monoisotopic (exact) mass is 219 g/mol. The molecule has 3 atom stereocenters. The fourth-order valence-corrected chi connectivity index (χ4v) is 2.60. The Hall–Kier alpha value is -1.35. The molecule has 1 aliphatic carbocycles. The summed E-state index contributed by atoms with van der Waals surface area (Å²) in [5.41, 5.74) is 7.23. The number of benzene rings is 1. The fraction of sp³-hybridized carbons (Fsp3) is 0.462. The van der Waals surface area contributed by atoms with E-state index >= 15 is 0 Å². The van der Waals surface area contributed by atoms with E-state index in [4.69, 9.17) is 10.5 Å². The van der Waals surface area contributed by atoms with Crippen molar-refractivity contribution in [3.63, 3.8) is 0 Å². The highest BCUT2D eigenvalue weighted by atomic mass is 16.5. The molecule has 1 aromatic carbocycles. The van der Waals surface area contributed by atoms with Crippen LogP contribution in [0.1, 0.15) is 24.3 Å². The van der Waals surface area contributed by atoms with Crippen molar-refractivity contribution in [3.05, 3.63) is 35.9 Å². The number of carbonyl (C=O) groups excluding carboxylic acids is 1. The molecule has 2 rings (SSSR count). The molecule has 1 aromatic rings. The molecule has 0 amide bonds. The Kier molecular flexibility index (Phi) is 3.25. The number of carbonyl (C=O) groups is 1. The summed E-state index contributed by atoms with van der Waals surface area (Å²) in [5, 5.41) is 0. The molecule has 3 heteroatoms. The minimum atomic E-state index is -0.137. The Bertz CT molecular complexity index is 363. The van der Waals surface area contributed by atoms with Crippen LogP contribution < -0.4 is 5.73 Å². The summed E-state index contributed by atoms with van der Waals surface area (Å²) in [4.78, 5) is 11.7. The zero-order chi connectivity index (χ0) is 11.5. The average Bonchev–Trinajstić information content (AvgIpc) is 2.71. The summed E-state index contributed by atoms with van der Waals surface area (Å²) in [6, 6.07) is 10.1. The van der Waals surface area contributed by atoms with Gasteiger partial charge in [0.25, 0.3) is 0 Å². The third kappa shape index (κ3) is 1.95. The predicted molar refractivity (Wildman–Crippen MR) is 61.9 cm³/mol. The van der Waals surface area contributed by atoms with Crippen molar-refractivity contribution in [1.29, 1.82) is 0 Å². The van der Waals surface area contributed by atoms with E-state index in [1.807, 2.05) is 30.3 Å². The molecular formula is C13H17NO2. The summed E-state index contributed by atoms with van der Waals surface area (Å²) in [6.07, 6.45) is 1.72. The van der Waals surface area contributed by atoms with Crippen LogP contribution in [0, 0.1) is 5.92 Å². The molecule has 0 unspecified atom stereocenters. The number of hydrogen-bond acceptors (Lipinski definition) is 3. The standard InChI is InChI=1S/C13H17NO2/c1-16-13(15)10-7-8-11(14)12(10)9-5-3-2-4-6-9/h2-6,10-12H,7-8,14H2,1H3/t10-,11-,12+/m0/s1. The largest absolute Gasteiger partial charge is 0.469 e. The number of rotatable bonds is 2. The van der Waals surface area contributed by atoms with Crippen LogP contribution in [0.4, 0.5) is 0 Å². The lowest BCUT2D eigenvalue weighted by atomic mass is 9.87. The first-order valence-electron chi connectivity index (χ1n) is 5.62. The smallest absolute Gasteiger partial charge is 0.309 e. The van der Waals surface area contributed by atoms with E-state index in [1.54, 1.807) is 0 Å². The Morgan fingerprint density at radius 2 is 2.00 bits per heavy atom. The lowest BCUT2D eigenvalue weighted by molar-refractivity contribution is -0.145. The van der Waals surface area contributed by atoms with E-state index in [9.17, 15) is 4.79 Å². The van der Waals surface area contributed by atoms with Crippen molar-refractivity contribution in [2.45, 2.75) is 24.8 Å². The average molecular weight is 219 g/mol. The highest BCUT2D eigenvalue weighted by Crippen LogP contribution is 2.39. The maximum absolute atomic E-state index is 11.7. The van der Waals surface area contributed by atoms with Gasteiger partial charge in [0, 0.05) is 12.0 Å². The zero-order valence-electron chi connectivity index (χ0n) is 9.43. The number of esters is 1. The molecule has 0 bridgehead atoms. The topological polar surface area (TPSA) is 52.3 Å². The van der Waals surface area contributed by atoms with Crippen LogP contribution in [-0.4, -0.2) is 19.1 Å². The van der Waals surface area contributed by atoms with Crippen LogP contribution in [0.25, 0.3) is 0 Å². The second-order valence-corrected chi connectivity index (χ2v) is 4.31. The van der Waals surface area contributed by atoms with E-state index in [0.29, 0.717) is 0 Å². The number of nitrogens with two attached hydrogens (primary N) is 1. The summed E-state index contributed by atoms with van der Waals surface area (Å²) < 4.78 is 4.84. The van der Waals surface area contributed by atoms with E-state index in [2.05, 4.69) is 0 Å². The molecule has 0 saturated heterocycles. The molecular weight excluding hydrogens is 202 g/mol. The van der Waals surface area contributed by atoms with Gasteiger partial charge in [-0.05, 0) is 18.4 Å². The first kappa shape index (κ1) is 11.1. The molecule has 0 spiro atoms. The number of methoxy groups -OCH3 is 1. The summed E-state index contributed by atoms with van der Waals surface area (Å²) in [5.74, 6) is -0.113. The minimum absolute atomic E-state index is 0.0616. The summed E-state index contributed by atoms with van der Waals surface area (Å²) >= 11 is 0. The highest BCUT2D eigenvalue weighted by molar-refractivity contribution is 5.74. The Labute approximate surface area is 95.6 Å². The second-order valence-electron chi connectivity index (χ2n) is 4.31. The molecule has 1 fully saturated rings. The van der Waals surface area contributed by atoms with Crippen molar-refractivity contribution >= 4 is 5.97 Å². The molecule has 86 valence electrons. The zero-order valence-corrected chi connectivity index (χ0v) is 9.43. The summed E-state index contributed by atoms with van der Waals surface area (Å²) in [7, 11) is 1.44. The van der Waals surface area contributed by atoms with Gasteiger partial charge in [0.1, 0.15) is 0 Å². The molecule has 0 aliphatic heterocycles. The van der Waals surface area contributed by atoms with E-state index in [1.165, 1.54) is 7.11 Å². The third-order valence-corrected chi connectivity index (χ3v) is 3.39. The van der Waals surface area contributed by atoms with Crippen molar-refractivity contribution < 1.29 is 9.53 Å². The Morgan fingerprint density at radius 3 is 2.62 bits per heavy atom. The Balaban J connectivity index is 2.26. The third-order valence-electron chi connectivity index (χ3n) is 3.39. The molecule has 0 heterocycles. The molecule has 3 nitrogen and oxygen atoms in total. The van der Waals surface area contributed by atoms with Crippen molar-refractivity contribution in [2.24, 2.45) is 11.7 Å². The van der Waals surface area contributed by atoms with Crippen LogP contribution in [0.3, 0.4) is 0 Å². The highest BCUT2D eigenvalue weighted by Gasteiger charge is 2.39. The first-order valence-corrected chi connectivity index (χ1v) is 5.62. The maximum atomic E-state index is 11.7. The SMILES string of the molecule is COC(=O)[C@H]1CC[C@H](N)[C@@H]1c1ccccc1. The predicted octanol–water partition coefficient (Wildman–Crippen LogP) is 1.68. The van der Waals surface area contributed by atoms with Crippen molar-refractivity contribution in [3.8, 4) is 0 Å². The molecule has 0 radical (unpaired) electrons. The van der Waals surface area contributed by atoms with Gasteiger partial charge in [0.2, 0.25) is 0 Å². The van der Waals surface area contributed by atoms with Crippen molar-refractivity contribution in [1.82, 2.24) is 0 Å². The van der Waals surface area contributed by atoms with Crippen LogP contribution in [-0.2, 0) is 9.53 Å². The van der Waals surface area contributed by atoms with Crippen LogP contribution in [0.15, 0.2) is 30.3 Å². The second kappa shape index (κ2) is 4.66. The van der Waals surface area contributed by atoms with Gasteiger partial charge >= 0.3 is 5.97 Å². The van der Waals surface area contributed by atoms with Crippen molar-refractivity contribution in [2.75, 3.05) is 7.11 Å². The van der Waals surface area contributed by atoms with Gasteiger partial charge in [-0.2, -0.15) is 0 Å². The van der Waals surface area contributed by atoms with E-state index in [0.717, 1.165) is 18.4 Å². The van der Waals surface area contributed by atoms with Crippen LogP contribution in [0.2, 0.25) is 0 Å². The number of hydrogen-bond donors (Lipinski definition) is 1. The fourth-order valence-electron chi connectivity index (χ4n) is 2.60. The van der Waals surface area contributed by atoms with Gasteiger partial charge < -0.3 is 10.5 Å². The minimum Gasteiger partial charge on any atom is -0.469 e. The molecule has 2 N–H and O–H groups in total. The van der Waals surface area contributed by atoms with Gasteiger partial charge in [-0.1, -0.05) is 30.3 Å². The van der Waals surface area contributed by atoms with Gasteiger partial charge in [-0.15, -0.1) is 0 Å². The van der Waals surface area contributed by atoms with E-state index in [-0.39, 0.29) is 23.8 Å². The lowest BCUT2D eigenvalue weighted by Gasteiger charge is -2.21. The Morgan fingerprint density at radius 1 is 1.31 bits per heavy atom. The van der Waals surface area contributed by atoms with Gasteiger partial charge in [-0.3, -0.25) is 4.79 Å². The lowest BCUT2D eigenvalue weighted by Crippen LogP contribution is -2.29. The molecule has 16 heavy (non-hydrogen) atoms. The maximum Gasteiger partial charge on any atom is 0.309 e. The van der Waals surface area contributed by atoms with Gasteiger partial charge in [-0.25, -0.2) is 0 Å². The quantitative estimate of drug-likeness (QED) is 0.770.